The Labute approximate surface area is 203 Å². The summed E-state index contributed by atoms with van der Waals surface area (Å²) in [5, 5.41) is 16.2. The molecule has 4 aromatic heterocycles. The molecule has 2 N–H and O–H groups in total. The Bertz CT molecular complexity index is 2000. The van der Waals surface area contributed by atoms with Gasteiger partial charge in [-0.05, 0) is 48.9 Å². The van der Waals surface area contributed by atoms with E-state index in [1.807, 2.05) is 6.92 Å². The van der Waals surface area contributed by atoms with E-state index in [4.69, 9.17) is 10.8 Å². The predicted octanol–water partition coefficient (Wildman–Crippen LogP) is 1.47. The number of aromatic nitrogens is 4. The number of unbranched alkanes of at least 4 members (excludes halogenated alkanes) is 4. The molecule has 0 fully saturated rings. The molecule has 0 radical (unpaired) electrons. The maximum atomic E-state index is 13.7. The van der Waals surface area contributed by atoms with Crippen LogP contribution in [-0.4, -0.2) is 18.8 Å². The summed E-state index contributed by atoms with van der Waals surface area (Å²) in [6.45, 7) is 4.11. The zero-order valence-corrected chi connectivity index (χ0v) is 20.2. The molecule has 0 atom stereocenters. The van der Waals surface area contributed by atoms with Crippen molar-refractivity contribution in [3.05, 3.63) is 75.4 Å². The monoisotopic (exact) mass is 486 g/mol. The standard InChI is InChI=1S/C26H26N6O4/c1-3-5-7-8-10-14-11-15-29-19-17(26(36)32(15)24(14)28)22(34)20-18(21(19)33)25(35)30-16-12-13(9-6-4-2)23(27)31(16)20/h11-12,27-28H,3-10H2,1-2H3. The minimum Gasteiger partial charge on any atom is -0.287 e. The molecular formula is C26H26N6O4. The van der Waals surface area contributed by atoms with Crippen molar-refractivity contribution in [2.24, 2.45) is 0 Å². The topological polar surface area (TPSA) is 151 Å². The third-order valence-corrected chi connectivity index (χ3v) is 6.87. The molecule has 0 aliphatic carbocycles. The summed E-state index contributed by atoms with van der Waals surface area (Å²) < 4.78 is 2.23. The van der Waals surface area contributed by atoms with Gasteiger partial charge in [0.2, 0.25) is 10.9 Å². The number of nitrogens with one attached hydrogen (secondary N) is 2. The molecule has 184 valence electrons. The molecule has 0 bridgehead atoms. The van der Waals surface area contributed by atoms with Crippen LogP contribution < -0.4 is 33.0 Å². The van der Waals surface area contributed by atoms with Gasteiger partial charge in [-0.2, -0.15) is 4.98 Å². The predicted molar refractivity (Wildman–Crippen MR) is 136 cm³/mol. The Morgan fingerprint density at radius 3 is 2.00 bits per heavy atom. The van der Waals surface area contributed by atoms with Gasteiger partial charge < -0.3 is 0 Å². The maximum absolute atomic E-state index is 13.7. The van der Waals surface area contributed by atoms with Crippen molar-refractivity contribution in [2.45, 2.75) is 65.2 Å². The number of fused-ring (bicyclic) bond motifs is 5. The van der Waals surface area contributed by atoms with Crippen LogP contribution in [-0.2, 0) is 12.8 Å². The molecule has 10 heteroatoms. The quantitative estimate of drug-likeness (QED) is 0.250. The van der Waals surface area contributed by atoms with Crippen LogP contribution in [0, 0.1) is 10.8 Å². The number of hydrogen-bond acceptors (Lipinski definition) is 8. The van der Waals surface area contributed by atoms with Crippen LogP contribution in [0.15, 0.2) is 31.3 Å². The van der Waals surface area contributed by atoms with Gasteiger partial charge in [0.1, 0.15) is 44.1 Å². The highest BCUT2D eigenvalue weighted by Gasteiger charge is 2.24. The van der Waals surface area contributed by atoms with E-state index in [0.29, 0.717) is 24.0 Å². The first-order chi connectivity index (χ1) is 17.3. The number of aryl methyl sites for hydroxylation is 2. The maximum Gasteiger partial charge on any atom is 0.285 e. The Morgan fingerprint density at radius 1 is 0.722 bits per heavy atom. The number of hydrogen-bond donors (Lipinski definition) is 2. The minimum absolute atomic E-state index is 0.0372. The fourth-order valence-corrected chi connectivity index (χ4v) is 4.96. The van der Waals surface area contributed by atoms with E-state index in [1.165, 1.54) is 4.40 Å². The van der Waals surface area contributed by atoms with Crippen molar-refractivity contribution in [3.63, 3.8) is 0 Å². The van der Waals surface area contributed by atoms with Crippen LogP contribution in [0.4, 0.5) is 0 Å². The molecule has 10 nitrogen and oxygen atoms in total. The highest BCUT2D eigenvalue weighted by Crippen LogP contribution is 2.13. The van der Waals surface area contributed by atoms with Gasteiger partial charge in [0, 0.05) is 0 Å². The van der Waals surface area contributed by atoms with Gasteiger partial charge in [0.15, 0.2) is 0 Å². The first kappa shape index (κ1) is 23.7. The van der Waals surface area contributed by atoms with E-state index in [9.17, 15) is 19.2 Å². The summed E-state index contributed by atoms with van der Waals surface area (Å²) in [5.41, 5.74) is -2.82. The normalized spacial score (nSPS) is 12.1. The van der Waals surface area contributed by atoms with Crippen molar-refractivity contribution < 1.29 is 0 Å². The van der Waals surface area contributed by atoms with E-state index in [-0.39, 0.29) is 27.8 Å². The van der Waals surface area contributed by atoms with Crippen LogP contribution >= 0.6 is 0 Å². The molecule has 0 saturated carbocycles. The molecule has 0 unspecified atom stereocenters. The van der Waals surface area contributed by atoms with Crippen molar-refractivity contribution >= 4 is 33.1 Å². The fourth-order valence-electron chi connectivity index (χ4n) is 4.96. The molecule has 4 heterocycles. The van der Waals surface area contributed by atoms with Crippen LogP contribution in [0.25, 0.3) is 33.1 Å². The van der Waals surface area contributed by atoms with Crippen molar-refractivity contribution in [3.8, 4) is 0 Å². The SMILES string of the molecule is CCCCCCc1cc2nc3c(=O)c4c(=O)nc5cc(CCCC)c(=N)n5c4c(=O)c3c(=O)n2c1=N. The van der Waals surface area contributed by atoms with Gasteiger partial charge in [-0.1, -0.05) is 39.5 Å². The lowest BCUT2D eigenvalue weighted by molar-refractivity contribution is 0.663. The Hall–Kier alpha value is -4.08. The number of rotatable bonds is 8. The molecule has 0 aliphatic rings. The van der Waals surface area contributed by atoms with Crippen molar-refractivity contribution in [2.75, 3.05) is 0 Å². The van der Waals surface area contributed by atoms with Gasteiger partial charge >= 0.3 is 0 Å². The smallest absolute Gasteiger partial charge is 0.285 e. The summed E-state index contributed by atoms with van der Waals surface area (Å²) in [7, 11) is 0. The zero-order valence-electron chi connectivity index (χ0n) is 20.2. The van der Waals surface area contributed by atoms with Crippen LogP contribution in [0.5, 0.6) is 0 Å². The fraction of sp³-hybridized carbons (Fsp3) is 0.385. The average molecular weight is 487 g/mol. The molecule has 0 aliphatic heterocycles. The van der Waals surface area contributed by atoms with Crippen LogP contribution in [0.1, 0.15) is 63.5 Å². The second-order valence-electron chi connectivity index (χ2n) is 9.28. The highest BCUT2D eigenvalue weighted by atomic mass is 16.2. The minimum atomic E-state index is -0.886. The molecule has 36 heavy (non-hydrogen) atoms. The van der Waals surface area contributed by atoms with Crippen LogP contribution in [0.3, 0.4) is 0 Å². The summed E-state index contributed by atoms with van der Waals surface area (Å²) in [4.78, 5) is 61.7. The van der Waals surface area contributed by atoms with Gasteiger partial charge in [-0.15, -0.1) is 0 Å². The second-order valence-corrected chi connectivity index (χ2v) is 9.28. The second kappa shape index (κ2) is 8.85. The average Bonchev–Trinajstić information content (AvgIpc) is 3.33. The van der Waals surface area contributed by atoms with Gasteiger partial charge in [0.05, 0.1) is 0 Å². The molecule has 1 aromatic carbocycles. The largest absolute Gasteiger partial charge is 0.287 e. The number of nitrogens with zero attached hydrogens (tertiary/aromatic N) is 4. The molecule has 0 amide bonds. The summed E-state index contributed by atoms with van der Waals surface area (Å²) >= 11 is 0. The lowest BCUT2D eigenvalue weighted by Crippen LogP contribution is -2.34. The van der Waals surface area contributed by atoms with E-state index in [1.54, 1.807) is 12.1 Å². The molecule has 5 aromatic rings. The molecule has 0 spiro atoms. The Balaban J connectivity index is 1.87. The summed E-state index contributed by atoms with van der Waals surface area (Å²) in [6.07, 6.45) is 6.81. The molecule has 5 rings (SSSR count). The van der Waals surface area contributed by atoms with Gasteiger partial charge in [-0.25, -0.2) is 9.38 Å². The Morgan fingerprint density at radius 2 is 1.33 bits per heavy atom. The van der Waals surface area contributed by atoms with E-state index in [2.05, 4.69) is 16.9 Å². The lowest BCUT2D eigenvalue weighted by atomic mass is 10.1. The zero-order chi connectivity index (χ0) is 25.7. The van der Waals surface area contributed by atoms with E-state index >= 15 is 0 Å². The van der Waals surface area contributed by atoms with Crippen molar-refractivity contribution in [1.82, 2.24) is 18.8 Å². The first-order valence-electron chi connectivity index (χ1n) is 12.3. The Kier molecular flexibility index (Phi) is 5.82. The van der Waals surface area contributed by atoms with E-state index < -0.39 is 38.3 Å². The first-order valence-corrected chi connectivity index (χ1v) is 12.3. The molecule has 0 saturated heterocycles. The highest BCUT2D eigenvalue weighted by molar-refractivity contribution is 5.95. The van der Waals surface area contributed by atoms with Gasteiger partial charge in [0.25, 0.3) is 11.1 Å². The van der Waals surface area contributed by atoms with E-state index in [0.717, 1.165) is 42.9 Å². The van der Waals surface area contributed by atoms with Gasteiger partial charge in [-0.3, -0.25) is 34.4 Å². The summed E-state index contributed by atoms with van der Waals surface area (Å²) in [5.74, 6) is 0. The number of benzene rings is 1. The van der Waals surface area contributed by atoms with Crippen molar-refractivity contribution in [1.29, 1.82) is 10.8 Å². The molecular weight excluding hydrogens is 460 g/mol. The lowest BCUT2D eigenvalue weighted by Gasteiger charge is -2.03. The third-order valence-electron chi connectivity index (χ3n) is 6.87. The van der Waals surface area contributed by atoms with Crippen LogP contribution in [0.2, 0.25) is 0 Å². The third kappa shape index (κ3) is 3.39. The summed E-state index contributed by atoms with van der Waals surface area (Å²) in [6, 6.07) is 3.17.